The van der Waals surface area contributed by atoms with Crippen molar-refractivity contribution in [3.05, 3.63) is 26.6 Å². The van der Waals surface area contributed by atoms with Crippen LogP contribution in [0.5, 0.6) is 5.75 Å². The van der Waals surface area contributed by atoms with Gasteiger partial charge < -0.3 is 4.74 Å². The number of halogens is 4. The number of alkyl halides is 2. The largest absolute Gasteiger partial charge is 0.488 e. The highest BCUT2D eigenvalue weighted by atomic mass is 79.9. The van der Waals surface area contributed by atoms with Gasteiger partial charge in [0, 0.05) is 25.6 Å². The molecule has 1 heterocycles. The molecule has 86 valence electrons. The number of ether oxygens (including phenoxy) is 1. The average molecular weight is 476 g/mol. The Kier molecular flexibility index (Phi) is 3.19. The Bertz CT molecular complexity index is 448. The van der Waals surface area contributed by atoms with Crippen LogP contribution in [-0.2, 0) is 0 Å². The first-order valence-electron chi connectivity index (χ1n) is 5.01. The maximum Gasteiger partial charge on any atom is 0.137 e. The van der Waals surface area contributed by atoms with Crippen molar-refractivity contribution in [1.82, 2.24) is 0 Å². The molecule has 1 aliphatic heterocycles. The molecule has 1 aromatic carbocycles. The lowest BCUT2D eigenvalue weighted by molar-refractivity contribution is 0.225. The van der Waals surface area contributed by atoms with E-state index in [1.165, 1.54) is 5.56 Å². The standard InChI is InChI=1S/C11H8Br4O/c12-4-1-5-9-8(3-6(13)10(9)15)16-11(5)7(14)2-4/h1-2,6,8-10H,3H2/t6?,8-,9-,10?/m1/s1. The molecule has 0 saturated heterocycles. The molecule has 1 aromatic rings. The van der Waals surface area contributed by atoms with Crippen molar-refractivity contribution in [2.45, 2.75) is 28.1 Å². The summed E-state index contributed by atoms with van der Waals surface area (Å²) in [7, 11) is 0. The van der Waals surface area contributed by atoms with Crippen LogP contribution in [0.3, 0.4) is 0 Å². The Morgan fingerprint density at radius 3 is 2.69 bits per heavy atom. The van der Waals surface area contributed by atoms with Crippen molar-refractivity contribution >= 4 is 63.7 Å². The predicted octanol–water partition coefficient (Wildman–Crippen LogP) is 4.99. The van der Waals surface area contributed by atoms with Crippen molar-refractivity contribution in [3.63, 3.8) is 0 Å². The highest BCUT2D eigenvalue weighted by Gasteiger charge is 2.48. The zero-order valence-electron chi connectivity index (χ0n) is 8.09. The van der Waals surface area contributed by atoms with Gasteiger partial charge in [0.1, 0.15) is 11.9 Å². The summed E-state index contributed by atoms with van der Waals surface area (Å²) in [5.41, 5.74) is 1.30. The minimum absolute atomic E-state index is 0.300. The summed E-state index contributed by atoms with van der Waals surface area (Å²) in [6, 6.07) is 4.21. The summed E-state index contributed by atoms with van der Waals surface area (Å²) in [5, 5.41) is 0. The van der Waals surface area contributed by atoms with Gasteiger partial charge in [-0.1, -0.05) is 47.8 Å². The Morgan fingerprint density at radius 2 is 1.94 bits per heavy atom. The second-order valence-electron chi connectivity index (χ2n) is 4.18. The number of hydrogen-bond donors (Lipinski definition) is 0. The lowest BCUT2D eigenvalue weighted by Gasteiger charge is -2.13. The summed E-state index contributed by atoms with van der Waals surface area (Å²) in [5.74, 6) is 1.47. The molecule has 3 rings (SSSR count). The molecule has 1 saturated carbocycles. The van der Waals surface area contributed by atoms with Crippen LogP contribution in [0.1, 0.15) is 17.9 Å². The van der Waals surface area contributed by atoms with Crippen LogP contribution in [-0.4, -0.2) is 15.8 Å². The van der Waals surface area contributed by atoms with Gasteiger partial charge in [-0.25, -0.2) is 0 Å². The lowest BCUT2D eigenvalue weighted by atomic mass is 9.98. The van der Waals surface area contributed by atoms with E-state index in [0.29, 0.717) is 21.7 Å². The predicted molar refractivity (Wildman–Crippen MR) is 79.0 cm³/mol. The molecule has 1 fully saturated rings. The molecule has 2 unspecified atom stereocenters. The van der Waals surface area contributed by atoms with Crippen LogP contribution in [0.15, 0.2) is 21.1 Å². The van der Waals surface area contributed by atoms with Gasteiger partial charge in [0.25, 0.3) is 0 Å². The van der Waals surface area contributed by atoms with E-state index in [0.717, 1.165) is 21.1 Å². The molecule has 1 aliphatic carbocycles. The fraction of sp³-hybridized carbons (Fsp3) is 0.455. The van der Waals surface area contributed by atoms with Gasteiger partial charge in [0.2, 0.25) is 0 Å². The fourth-order valence-corrected chi connectivity index (χ4v) is 5.42. The number of fused-ring (bicyclic) bond motifs is 3. The van der Waals surface area contributed by atoms with Crippen molar-refractivity contribution < 1.29 is 4.74 Å². The van der Waals surface area contributed by atoms with Crippen molar-refractivity contribution in [2.24, 2.45) is 0 Å². The monoisotopic (exact) mass is 472 g/mol. The second kappa shape index (κ2) is 4.25. The first kappa shape index (κ1) is 12.0. The Hall–Kier alpha value is 0.940. The Balaban J connectivity index is 2.10. The lowest BCUT2D eigenvalue weighted by Crippen LogP contribution is -2.15. The van der Waals surface area contributed by atoms with Gasteiger partial charge in [0.15, 0.2) is 0 Å². The number of hydrogen-bond acceptors (Lipinski definition) is 1. The fourth-order valence-electron chi connectivity index (χ4n) is 2.53. The number of rotatable bonds is 0. The molecular formula is C11H8Br4O. The molecule has 5 heteroatoms. The van der Waals surface area contributed by atoms with E-state index >= 15 is 0 Å². The minimum atomic E-state index is 0.300. The molecule has 0 aromatic heterocycles. The molecule has 1 nitrogen and oxygen atoms in total. The van der Waals surface area contributed by atoms with E-state index in [9.17, 15) is 0 Å². The summed E-state index contributed by atoms with van der Waals surface area (Å²) in [4.78, 5) is 0.938. The third-order valence-corrected chi connectivity index (χ3v) is 7.12. The first-order chi connectivity index (χ1) is 7.58. The maximum absolute atomic E-state index is 6.03. The quantitative estimate of drug-likeness (QED) is 0.481. The van der Waals surface area contributed by atoms with Gasteiger partial charge in [-0.15, -0.1) is 0 Å². The van der Waals surface area contributed by atoms with E-state index < -0.39 is 0 Å². The van der Waals surface area contributed by atoms with E-state index in [4.69, 9.17) is 4.74 Å². The van der Waals surface area contributed by atoms with Gasteiger partial charge in [0.05, 0.1) is 4.47 Å². The average Bonchev–Trinajstić information content (AvgIpc) is 2.67. The van der Waals surface area contributed by atoms with Gasteiger partial charge in [-0.3, -0.25) is 0 Å². The Labute approximate surface area is 128 Å². The molecule has 0 amide bonds. The molecule has 0 bridgehead atoms. The van der Waals surface area contributed by atoms with Crippen molar-refractivity contribution in [2.75, 3.05) is 0 Å². The molecule has 0 spiro atoms. The van der Waals surface area contributed by atoms with E-state index in [2.05, 4.69) is 69.8 Å². The second-order valence-corrected chi connectivity index (χ2v) is 8.19. The third kappa shape index (κ3) is 1.73. The first-order valence-corrected chi connectivity index (χ1v) is 8.43. The molecule has 16 heavy (non-hydrogen) atoms. The van der Waals surface area contributed by atoms with Gasteiger partial charge >= 0.3 is 0 Å². The SMILES string of the molecule is Brc1cc(Br)c2c(c1)[C@H]1C(Br)C(Br)C[C@H]1O2. The van der Waals surface area contributed by atoms with Crippen LogP contribution in [0.25, 0.3) is 0 Å². The summed E-state index contributed by atoms with van der Waals surface area (Å²) < 4.78 is 8.17. The molecule has 0 N–H and O–H groups in total. The van der Waals surface area contributed by atoms with E-state index in [1.807, 2.05) is 6.07 Å². The normalized spacial score (nSPS) is 35.8. The van der Waals surface area contributed by atoms with E-state index in [1.54, 1.807) is 0 Å². The van der Waals surface area contributed by atoms with Crippen LogP contribution >= 0.6 is 63.7 Å². The Morgan fingerprint density at radius 1 is 1.19 bits per heavy atom. The van der Waals surface area contributed by atoms with Gasteiger partial charge in [-0.05, 0) is 34.5 Å². The van der Waals surface area contributed by atoms with Crippen molar-refractivity contribution in [1.29, 1.82) is 0 Å². The van der Waals surface area contributed by atoms with Gasteiger partial charge in [-0.2, -0.15) is 0 Å². The summed E-state index contributed by atoms with van der Waals surface area (Å²) in [6.45, 7) is 0. The number of benzene rings is 1. The molecule has 4 atom stereocenters. The minimum Gasteiger partial charge on any atom is -0.488 e. The zero-order chi connectivity index (χ0) is 11.4. The van der Waals surface area contributed by atoms with Crippen LogP contribution < -0.4 is 4.74 Å². The topological polar surface area (TPSA) is 9.23 Å². The zero-order valence-corrected chi connectivity index (χ0v) is 14.4. The van der Waals surface area contributed by atoms with Crippen LogP contribution in [0.4, 0.5) is 0 Å². The smallest absolute Gasteiger partial charge is 0.137 e. The highest BCUT2D eigenvalue weighted by Crippen LogP contribution is 2.54. The van der Waals surface area contributed by atoms with Crippen LogP contribution in [0.2, 0.25) is 0 Å². The van der Waals surface area contributed by atoms with Crippen LogP contribution in [0, 0.1) is 0 Å². The molecule has 0 radical (unpaired) electrons. The summed E-state index contributed by atoms with van der Waals surface area (Å²) >= 11 is 14.6. The third-order valence-electron chi connectivity index (χ3n) is 3.21. The highest BCUT2D eigenvalue weighted by molar-refractivity contribution is 9.12. The van der Waals surface area contributed by atoms with Crippen molar-refractivity contribution in [3.8, 4) is 5.75 Å². The maximum atomic E-state index is 6.03. The molecular weight excluding hydrogens is 468 g/mol. The molecule has 2 aliphatic rings. The summed E-state index contributed by atoms with van der Waals surface area (Å²) in [6.07, 6.45) is 1.36. The van der Waals surface area contributed by atoms with E-state index in [-0.39, 0.29) is 0 Å².